The standard InChI is InChI=1S/C17H32N2.C16H30N2.C7H12N2.C6H10N2.11C3H8O.5CH3.4Ti/c1-10-16(6,7)12-13(17(8,9)11-2)19-14(18-12)15(3,4)5;1-9-15(5,6)12-13(16(7,8)10-2)18-14(17-12)11(3)4;1-3-6-5-8-7(4-2)9-6;1-4-5(2)8-6(3)7-4;11*1-3(2)4;;;;;;;;;/h10-11H2,1-9H3,(H,18,19);11H,9-10H2,1-8H3,(H,17,18);5H,3-4H2,1-2H3,(H,8,9);1-3H3,(H,7,8);11*3-4H,1-2H3;5*1H3;;;;/q;;;;;;;;;;;;;;;5*-1;;;;+2. The molecule has 19 nitrogen and oxygen atoms in total. The second kappa shape index (κ2) is 89.2. The maximum absolute atomic E-state index is 8.06. The van der Waals surface area contributed by atoms with Gasteiger partial charge in [-0.3, -0.25) is 0 Å². The summed E-state index contributed by atoms with van der Waals surface area (Å²) in [6.45, 7) is 86.5. The average Bonchev–Trinajstić information content (AvgIpc) is 1.64. The molecule has 0 fully saturated rings. The number of nitrogens with zero attached hydrogens (tertiary/aromatic N) is 4. The van der Waals surface area contributed by atoms with Gasteiger partial charge in [-0.15, -0.1) is 0 Å². The van der Waals surface area contributed by atoms with Crippen LogP contribution in [0, 0.1) is 57.9 Å². The molecule has 0 bridgehead atoms. The minimum atomic E-state index is -0.167. The van der Waals surface area contributed by atoms with Crippen molar-refractivity contribution >= 4 is 0 Å². The molecule has 0 amide bonds. The van der Waals surface area contributed by atoms with Crippen LogP contribution in [0.25, 0.3) is 0 Å². The smallest absolute Gasteiger partial charge is 0.394 e. The average molecular weight is 1680 g/mol. The summed E-state index contributed by atoms with van der Waals surface area (Å²) in [5.74, 6) is 4.79. The van der Waals surface area contributed by atoms with Gasteiger partial charge in [-0.25, -0.2) is 19.9 Å². The first-order chi connectivity index (χ1) is 43.7. The summed E-state index contributed by atoms with van der Waals surface area (Å²) in [6.07, 6.45) is 6.58. The normalized spacial score (nSPS) is 10.0. The van der Waals surface area contributed by atoms with Crippen LogP contribution in [0.3, 0.4) is 0 Å². The topological polar surface area (TPSA) is 337 Å². The van der Waals surface area contributed by atoms with E-state index in [4.69, 9.17) is 66.1 Å². The van der Waals surface area contributed by atoms with Crippen LogP contribution in [0.5, 0.6) is 0 Å². The van der Waals surface area contributed by atoms with Crippen molar-refractivity contribution in [2.45, 2.75) is 443 Å². The Morgan fingerprint density at radius 2 is 0.570 bits per heavy atom. The molecule has 4 rings (SSSR count). The van der Waals surface area contributed by atoms with Gasteiger partial charge in [0.25, 0.3) is 0 Å². The van der Waals surface area contributed by atoms with Crippen molar-refractivity contribution in [1.82, 2.24) is 39.9 Å². The summed E-state index contributed by atoms with van der Waals surface area (Å²) in [7, 11) is 0. The number of imidazole rings is 4. The van der Waals surface area contributed by atoms with Crippen molar-refractivity contribution < 1.29 is 143 Å². The van der Waals surface area contributed by atoms with E-state index in [1.807, 2.05) is 27.0 Å². The molecule has 0 spiro atoms. The molecular formula is C84H187N8O11Ti4-3. The number of nitrogens with one attached hydrogen (secondary N) is 4. The third-order valence-corrected chi connectivity index (χ3v) is 11.5. The Kier molecular flexibility index (Phi) is 132. The van der Waals surface area contributed by atoms with E-state index >= 15 is 0 Å². The van der Waals surface area contributed by atoms with Gasteiger partial charge in [-0.2, -0.15) is 0 Å². The number of hydrogen-bond acceptors (Lipinski definition) is 15. The number of hydrogen-bond donors (Lipinski definition) is 15. The van der Waals surface area contributed by atoms with Gasteiger partial charge in [0.2, 0.25) is 0 Å². The maximum atomic E-state index is 8.06. The van der Waals surface area contributed by atoms with Gasteiger partial charge in [0.05, 0.1) is 17.1 Å². The number of aliphatic hydroxyl groups is 11. The van der Waals surface area contributed by atoms with E-state index in [1.165, 1.54) is 34.2 Å². The van der Waals surface area contributed by atoms with Crippen LogP contribution >= 0.6 is 0 Å². The molecule has 4 aromatic rings. The second-order valence-electron chi connectivity index (χ2n) is 31.1. The van der Waals surface area contributed by atoms with E-state index in [0.29, 0.717) is 5.92 Å². The molecule has 0 saturated heterocycles. The van der Waals surface area contributed by atoms with Crippen LogP contribution in [-0.4, -0.2) is 163 Å². The molecule has 0 radical (unpaired) electrons. The van der Waals surface area contributed by atoms with E-state index in [0.717, 1.165) is 67.5 Å². The van der Waals surface area contributed by atoms with Crippen molar-refractivity contribution in [3.8, 4) is 0 Å². The first-order valence-electron chi connectivity index (χ1n) is 36.5. The van der Waals surface area contributed by atoms with E-state index in [9.17, 15) is 0 Å². The van der Waals surface area contributed by atoms with Crippen LogP contribution in [0.1, 0.15) is 379 Å². The summed E-state index contributed by atoms with van der Waals surface area (Å²) in [4.78, 5) is 31.7. The number of rotatable bonds is 11. The van der Waals surface area contributed by atoms with E-state index in [2.05, 4.69) is 161 Å². The summed E-state index contributed by atoms with van der Waals surface area (Å²) < 4.78 is 0. The third kappa shape index (κ3) is 126. The predicted molar refractivity (Wildman–Crippen MR) is 456 cm³/mol. The monoisotopic (exact) mass is 1680 g/mol. The second-order valence-corrected chi connectivity index (χ2v) is 31.1. The Morgan fingerprint density at radius 1 is 0.336 bits per heavy atom. The van der Waals surface area contributed by atoms with Gasteiger partial charge in [-0.1, -0.05) is 132 Å². The van der Waals surface area contributed by atoms with Crippen molar-refractivity contribution in [3.05, 3.63) is 106 Å². The Morgan fingerprint density at radius 3 is 0.720 bits per heavy atom. The molecule has 107 heavy (non-hydrogen) atoms. The van der Waals surface area contributed by atoms with Crippen LogP contribution < -0.4 is 0 Å². The molecule has 23 heteroatoms. The largest absolute Gasteiger partial charge is 2.00 e. The first-order valence-corrected chi connectivity index (χ1v) is 36.5. The van der Waals surface area contributed by atoms with Gasteiger partial charge in [0, 0.05) is 201 Å². The summed E-state index contributed by atoms with van der Waals surface area (Å²) in [5, 5.41) is 88.6. The molecule has 648 valence electrons. The summed E-state index contributed by atoms with van der Waals surface area (Å²) in [6, 6.07) is 0. The van der Waals surface area contributed by atoms with Crippen LogP contribution in [0.2, 0.25) is 0 Å². The number of aliphatic hydroxyl groups excluding tert-OH is 11. The fourth-order valence-corrected chi connectivity index (χ4v) is 5.53. The van der Waals surface area contributed by atoms with Gasteiger partial charge >= 0.3 is 21.7 Å². The first kappa shape index (κ1) is 158. The molecule has 0 aromatic carbocycles. The quantitative estimate of drug-likeness (QED) is 0.0490. The molecule has 0 atom stereocenters. The minimum absolute atomic E-state index is 0. The van der Waals surface area contributed by atoms with Gasteiger partial charge in [-0.05, 0) is 205 Å². The number of H-pyrrole nitrogens is 4. The molecule has 0 saturated carbocycles. The van der Waals surface area contributed by atoms with Gasteiger partial charge < -0.3 is 113 Å². The van der Waals surface area contributed by atoms with Crippen molar-refractivity contribution in [1.29, 1.82) is 0 Å². The number of aryl methyl sites for hydroxylation is 5. The van der Waals surface area contributed by atoms with Crippen LogP contribution in [-0.2, 0) is 127 Å². The zero-order valence-electron chi connectivity index (χ0n) is 79.5. The number of aromatic amines is 4. The Bertz CT molecular complexity index is 2050. The van der Waals surface area contributed by atoms with Crippen LogP contribution in [0.15, 0.2) is 6.20 Å². The summed E-state index contributed by atoms with van der Waals surface area (Å²) in [5.41, 5.74) is 9.34. The zero-order valence-corrected chi connectivity index (χ0v) is 85.7. The van der Waals surface area contributed by atoms with Crippen LogP contribution in [0.4, 0.5) is 0 Å². The van der Waals surface area contributed by atoms with Crippen molar-refractivity contribution in [2.24, 2.45) is 0 Å². The Hall–Kier alpha value is -0.743. The Balaban J connectivity index is -0.0000000440. The summed E-state index contributed by atoms with van der Waals surface area (Å²) >= 11 is 0. The molecule has 0 aliphatic rings. The van der Waals surface area contributed by atoms with Gasteiger partial charge in [0.15, 0.2) is 0 Å². The van der Waals surface area contributed by atoms with Gasteiger partial charge in [0.1, 0.15) is 23.3 Å². The molecule has 15 N–H and O–H groups in total. The molecule has 0 aliphatic carbocycles. The predicted octanol–water partition coefficient (Wildman–Crippen LogP) is 19.4. The zero-order chi connectivity index (χ0) is 81.4. The maximum Gasteiger partial charge on any atom is 2.00 e. The van der Waals surface area contributed by atoms with E-state index in [-0.39, 0.29) is 218 Å². The minimum Gasteiger partial charge on any atom is -0.394 e. The number of aromatic nitrogens is 8. The molecule has 4 aromatic heterocycles. The fourth-order valence-electron chi connectivity index (χ4n) is 5.53. The fraction of sp³-hybridized carbons (Fsp3) is 0.798. The third-order valence-electron chi connectivity index (χ3n) is 11.5. The van der Waals surface area contributed by atoms with Crippen molar-refractivity contribution in [3.63, 3.8) is 0 Å². The Labute approximate surface area is 726 Å². The SMILES string of the molecule is CC(C)O.CC(C)O.CC(C)O.CC(C)O.CC(C)O.CC(C)O.CC(C)O.CC(C)O.CC(C)O.CC(C)O.CC(C)O.CCC(C)(C)c1nc(C(C)(C)C)[nH]c1C(C)(C)CC.CCC(C)(C)c1nc(C(C)C)[nH]c1C(C)(C)CC.CCc1cnc(CC)[nH]1.Cc1nc(C)c(C)[nH]1.[CH3-].[CH3-].[CH3-].[CH3-].[CH3-].[Ti+2].[Ti].[Ti].[Ti]. The molecule has 4 heterocycles. The van der Waals surface area contributed by atoms with Crippen molar-refractivity contribution in [2.75, 3.05) is 0 Å². The van der Waals surface area contributed by atoms with E-state index < -0.39 is 0 Å². The molecule has 0 unspecified atom stereocenters. The van der Waals surface area contributed by atoms with E-state index in [1.54, 1.807) is 152 Å². The molecular weight excluding hydrogens is 1490 g/mol. The molecule has 0 aliphatic heterocycles.